The molecule has 0 heterocycles. The Labute approximate surface area is 120 Å². The Morgan fingerprint density at radius 1 is 1.16 bits per heavy atom. The van der Waals surface area contributed by atoms with Gasteiger partial charge in [-0.3, -0.25) is 4.79 Å². The van der Waals surface area contributed by atoms with Crippen LogP contribution in [0.4, 0.5) is 14.5 Å². The molecule has 0 aromatic heterocycles. The summed E-state index contributed by atoms with van der Waals surface area (Å²) < 4.78 is 27.3. The van der Waals surface area contributed by atoms with Crippen LogP contribution in [-0.4, -0.2) is 5.91 Å². The molecule has 0 unspecified atom stereocenters. The number of rotatable bonds is 7. The zero-order chi connectivity index (χ0) is 14.3. The van der Waals surface area contributed by atoms with E-state index in [1.807, 2.05) is 0 Å². The Morgan fingerprint density at radius 3 is 2.32 bits per heavy atom. The molecule has 1 amide bonds. The van der Waals surface area contributed by atoms with E-state index in [0.29, 0.717) is 10.9 Å². The Hall–Kier alpha value is -0.970. The quantitative estimate of drug-likeness (QED) is 0.697. The number of hydrogen-bond acceptors (Lipinski definition) is 1. The van der Waals surface area contributed by atoms with Crippen molar-refractivity contribution >= 4 is 27.5 Å². The molecule has 0 aliphatic rings. The van der Waals surface area contributed by atoms with Crippen molar-refractivity contribution in [3.63, 3.8) is 0 Å². The first-order valence-corrected chi connectivity index (χ1v) is 7.28. The third-order valence-corrected chi connectivity index (χ3v) is 3.24. The first-order valence-electron chi connectivity index (χ1n) is 6.49. The molecule has 0 bridgehead atoms. The second-order valence-corrected chi connectivity index (χ2v) is 5.37. The maximum Gasteiger partial charge on any atom is 0.224 e. The van der Waals surface area contributed by atoms with Crippen LogP contribution in [0.2, 0.25) is 0 Å². The average molecular weight is 334 g/mol. The van der Waals surface area contributed by atoms with E-state index in [1.165, 1.54) is 0 Å². The lowest BCUT2D eigenvalue weighted by molar-refractivity contribution is -0.116. The monoisotopic (exact) mass is 333 g/mol. The van der Waals surface area contributed by atoms with Crippen molar-refractivity contribution in [1.82, 2.24) is 0 Å². The number of benzene rings is 1. The molecule has 0 saturated heterocycles. The van der Waals surface area contributed by atoms with Crippen LogP contribution in [-0.2, 0) is 4.79 Å². The zero-order valence-corrected chi connectivity index (χ0v) is 12.5. The summed E-state index contributed by atoms with van der Waals surface area (Å²) in [6.07, 6.45) is 5.38. The van der Waals surface area contributed by atoms with Crippen LogP contribution in [0.25, 0.3) is 0 Å². The predicted molar refractivity (Wildman–Crippen MR) is 76.1 cm³/mol. The first kappa shape index (κ1) is 16.1. The maximum absolute atomic E-state index is 13.5. The van der Waals surface area contributed by atoms with E-state index in [2.05, 4.69) is 28.2 Å². The van der Waals surface area contributed by atoms with Gasteiger partial charge in [-0.15, -0.1) is 0 Å². The van der Waals surface area contributed by atoms with Crippen LogP contribution in [0.5, 0.6) is 0 Å². The average Bonchev–Trinajstić information content (AvgIpc) is 2.33. The summed E-state index contributed by atoms with van der Waals surface area (Å²) in [6.45, 7) is 2.12. The van der Waals surface area contributed by atoms with Crippen molar-refractivity contribution in [3.8, 4) is 0 Å². The number of carbonyl (C=O) groups excluding carboxylic acids is 1. The van der Waals surface area contributed by atoms with Gasteiger partial charge in [0.2, 0.25) is 5.91 Å². The van der Waals surface area contributed by atoms with Gasteiger partial charge in [0, 0.05) is 10.9 Å². The SMILES string of the molecule is CCCCCCCC(=O)Nc1c(F)cc(Br)cc1F. The van der Waals surface area contributed by atoms with Crippen LogP contribution in [0.1, 0.15) is 45.4 Å². The minimum Gasteiger partial charge on any atom is -0.321 e. The van der Waals surface area contributed by atoms with Gasteiger partial charge in [0.05, 0.1) is 0 Å². The number of amides is 1. The highest BCUT2D eigenvalue weighted by Crippen LogP contribution is 2.24. The van der Waals surface area contributed by atoms with Gasteiger partial charge in [0.15, 0.2) is 11.6 Å². The number of halogens is 3. The van der Waals surface area contributed by atoms with E-state index in [9.17, 15) is 13.6 Å². The number of unbranched alkanes of at least 4 members (excludes halogenated alkanes) is 4. The van der Waals surface area contributed by atoms with E-state index >= 15 is 0 Å². The van der Waals surface area contributed by atoms with Crippen molar-refractivity contribution < 1.29 is 13.6 Å². The largest absolute Gasteiger partial charge is 0.321 e. The highest BCUT2D eigenvalue weighted by Gasteiger charge is 2.13. The Bertz CT molecular complexity index is 414. The van der Waals surface area contributed by atoms with Gasteiger partial charge >= 0.3 is 0 Å². The summed E-state index contributed by atoms with van der Waals surface area (Å²) in [4.78, 5) is 11.6. The molecule has 5 heteroatoms. The minimum absolute atomic E-state index is 0.290. The normalized spacial score (nSPS) is 10.5. The van der Waals surface area contributed by atoms with E-state index in [4.69, 9.17) is 0 Å². The fraction of sp³-hybridized carbons (Fsp3) is 0.500. The number of nitrogens with one attached hydrogen (secondary N) is 1. The topological polar surface area (TPSA) is 29.1 Å². The van der Waals surface area contributed by atoms with Crippen LogP contribution < -0.4 is 5.32 Å². The smallest absolute Gasteiger partial charge is 0.224 e. The summed E-state index contributed by atoms with van der Waals surface area (Å²) in [5.74, 6) is -1.89. The Balaban J connectivity index is 2.44. The van der Waals surface area contributed by atoms with E-state index in [0.717, 1.165) is 44.2 Å². The molecular formula is C14H18BrF2NO. The molecule has 1 N–H and O–H groups in total. The second kappa shape index (κ2) is 8.25. The Kier molecular flexibility index (Phi) is 6.99. The fourth-order valence-electron chi connectivity index (χ4n) is 1.75. The summed E-state index contributed by atoms with van der Waals surface area (Å²) in [6, 6.07) is 2.25. The number of anilines is 1. The van der Waals surface area contributed by atoms with E-state index < -0.39 is 11.6 Å². The van der Waals surface area contributed by atoms with Crippen molar-refractivity contribution in [3.05, 3.63) is 28.2 Å². The third-order valence-electron chi connectivity index (χ3n) is 2.78. The first-order chi connectivity index (χ1) is 9.04. The molecule has 0 aliphatic heterocycles. The van der Waals surface area contributed by atoms with Crippen LogP contribution in [0, 0.1) is 11.6 Å². The summed E-state index contributed by atoms with van der Waals surface area (Å²) in [5.41, 5.74) is -0.373. The number of carbonyl (C=O) groups is 1. The minimum atomic E-state index is -0.772. The van der Waals surface area contributed by atoms with Crippen LogP contribution in [0.15, 0.2) is 16.6 Å². The maximum atomic E-state index is 13.5. The lowest BCUT2D eigenvalue weighted by Gasteiger charge is -2.08. The van der Waals surface area contributed by atoms with Gasteiger partial charge in [-0.1, -0.05) is 48.5 Å². The lowest BCUT2D eigenvalue weighted by Crippen LogP contribution is -2.13. The molecule has 0 atom stereocenters. The second-order valence-electron chi connectivity index (χ2n) is 4.46. The van der Waals surface area contributed by atoms with Crippen LogP contribution >= 0.6 is 15.9 Å². The van der Waals surface area contributed by atoms with Gasteiger partial charge in [-0.2, -0.15) is 0 Å². The molecule has 0 spiro atoms. The highest BCUT2D eigenvalue weighted by atomic mass is 79.9. The Morgan fingerprint density at radius 2 is 1.74 bits per heavy atom. The van der Waals surface area contributed by atoms with Gasteiger partial charge in [-0.05, 0) is 18.6 Å². The van der Waals surface area contributed by atoms with Gasteiger partial charge in [-0.25, -0.2) is 8.78 Å². The van der Waals surface area contributed by atoms with Gasteiger partial charge in [0.25, 0.3) is 0 Å². The highest BCUT2D eigenvalue weighted by molar-refractivity contribution is 9.10. The molecule has 0 fully saturated rings. The summed E-state index contributed by atoms with van der Waals surface area (Å²) in [5, 5.41) is 2.29. The molecule has 0 saturated carbocycles. The zero-order valence-electron chi connectivity index (χ0n) is 10.9. The van der Waals surface area contributed by atoms with Crippen molar-refractivity contribution in [2.75, 3.05) is 5.32 Å². The third kappa shape index (κ3) is 5.68. The van der Waals surface area contributed by atoms with Gasteiger partial charge < -0.3 is 5.32 Å². The molecule has 0 radical (unpaired) electrons. The molecule has 19 heavy (non-hydrogen) atoms. The molecular weight excluding hydrogens is 316 g/mol. The summed E-state index contributed by atoms with van der Waals surface area (Å²) in [7, 11) is 0. The molecule has 2 nitrogen and oxygen atoms in total. The van der Waals surface area contributed by atoms with Crippen molar-refractivity contribution in [2.24, 2.45) is 0 Å². The number of hydrogen-bond donors (Lipinski definition) is 1. The standard InChI is InChI=1S/C14H18BrF2NO/c1-2-3-4-5-6-7-13(19)18-14-11(16)8-10(15)9-12(14)17/h8-9H,2-7H2,1H3,(H,18,19). The van der Waals surface area contributed by atoms with E-state index in [1.54, 1.807) is 0 Å². The van der Waals surface area contributed by atoms with E-state index in [-0.39, 0.29) is 11.6 Å². The van der Waals surface area contributed by atoms with Gasteiger partial charge in [0.1, 0.15) is 5.69 Å². The lowest BCUT2D eigenvalue weighted by atomic mass is 10.1. The molecule has 1 aromatic carbocycles. The van der Waals surface area contributed by atoms with Crippen molar-refractivity contribution in [1.29, 1.82) is 0 Å². The summed E-state index contributed by atoms with van der Waals surface area (Å²) >= 11 is 2.99. The molecule has 1 rings (SSSR count). The van der Waals surface area contributed by atoms with Crippen LogP contribution in [0.3, 0.4) is 0 Å². The van der Waals surface area contributed by atoms with Crippen molar-refractivity contribution in [2.45, 2.75) is 45.4 Å². The molecule has 106 valence electrons. The molecule has 1 aromatic rings. The predicted octanol–water partition coefficient (Wildman–Crippen LogP) is 5.03. The fourth-order valence-corrected chi connectivity index (χ4v) is 2.15. The molecule has 0 aliphatic carbocycles.